The minimum atomic E-state index is -0.497. The predicted molar refractivity (Wildman–Crippen MR) is 124 cm³/mol. The van der Waals surface area contributed by atoms with Gasteiger partial charge in [-0.3, -0.25) is 14.5 Å². The molecule has 0 saturated carbocycles. The predicted octanol–water partition coefficient (Wildman–Crippen LogP) is 5.02. The first-order valence-electron chi connectivity index (χ1n) is 10.4. The molecule has 2 heterocycles. The Morgan fingerprint density at radius 1 is 1.03 bits per heavy atom. The summed E-state index contributed by atoms with van der Waals surface area (Å²) in [6, 6.07) is 23.3. The van der Waals surface area contributed by atoms with Crippen LogP contribution in [0.4, 0.5) is 15.2 Å². The van der Waals surface area contributed by atoms with Crippen molar-refractivity contribution in [1.29, 1.82) is 0 Å². The van der Waals surface area contributed by atoms with Crippen LogP contribution in [0.15, 0.2) is 78.9 Å². The van der Waals surface area contributed by atoms with Gasteiger partial charge in [0.2, 0.25) is 11.8 Å². The standard InChI is InChI=1S/C25H20FN3O2S/c26-19-10-12-20(13-11-19)28-16-18(14-23(28)30)24(31)29(15-17-6-2-1-3-7-17)25-27-21-8-4-5-9-22(21)32-25/h1-13,18H,14-16H2. The second-order valence-corrected chi connectivity index (χ2v) is 8.77. The topological polar surface area (TPSA) is 53.5 Å². The zero-order valence-corrected chi connectivity index (χ0v) is 18.0. The lowest BCUT2D eigenvalue weighted by Crippen LogP contribution is -2.37. The Labute approximate surface area is 188 Å². The van der Waals surface area contributed by atoms with E-state index in [1.165, 1.54) is 23.5 Å². The summed E-state index contributed by atoms with van der Waals surface area (Å²) in [6.07, 6.45) is 0.117. The zero-order valence-electron chi connectivity index (χ0n) is 17.1. The van der Waals surface area contributed by atoms with Gasteiger partial charge in [-0.25, -0.2) is 9.37 Å². The number of para-hydroxylation sites is 1. The van der Waals surface area contributed by atoms with Crippen LogP contribution >= 0.6 is 11.3 Å². The number of hydrogen-bond donors (Lipinski definition) is 0. The van der Waals surface area contributed by atoms with Gasteiger partial charge in [-0.15, -0.1) is 0 Å². The third kappa shape index (κ3) is 3.99. The third-order valence-electron chi connectivity index (χ3n) is 5.58. The summed E-state index contributed by atoms with van der Waals surface area (Å²) in [5, 5.41) is 0.618. The molecule has 0 N–H and O–H groups in total. The largest absolute Gasteiger partial charge is 0.312 e. The molecule has 1 atom stereocenters. The first kappa shape index (κ1) is 20.3. The van der Waals surface area contributed by atoms with Gasteiger partial charge in [0.1, 0.15) is 5.82 Å². The van der Waals surface area contributed by atoms with E-state index < -0.39 is 5.92 Å². The van der Waals surface area contributed by atoms with Crippen molar-refractivity contribution in [1.82, 2.24) is 4.98 Å². The highest BCUT2D eigenvalue weighted by Crippen LogP contribution is 2.33. The number of benzene rings is 3. The fraction of sp³-hybridized carbons (Fsp3) is 0.160. The number of amides is 2. The molecule has 160 valence electrons. The fourth-order valence-corrected chi connectivity index (χ4v) is 4.92. The summed E-state index contributed by atoms with van der Waals surface area (Å²) in [5.41, 5.74) is 2.43. The van der Waals surface area contributed by atoms with Crippen LogP contribution in [0.1, 0.15) is 12.0 Å². The van der Waals surface area contributed by atoms with Crippen LogP contribution in [-0.2, 0) is 16.1 Å². The molecular weight excluding hydrogens is 425 g/mol. The summed E-state index contributed by atoms with van der Waals surface area (Å²) in [7, 11) is 0. The van der Waals surface area contributed by atoms with Crippen LogP contribution in [0, 0.1) is 11.7 Å². The lowest BCUT2D eigenvalue weighted by Gasteiger charge is -2.23. The second-order valence-electron chi connectivity index (χ2n) is 7.76. The molecular formula is C25H20FN3O2S. The van der Waals surface area contributed by atoms with Crippen LogP contribution in [0.5, 0.6) is 0 Å². The first-order valence-corrected chi connectivity index (χ1v) is 11.2. The molecule has 5 rings (SSSR count). The number of anilines is 2. The number of fused-ring (bicyclic) bond motifs is 1. The molecule has 1 aliphatic rings. The summed E-state index contributed by atoms with van der Waals surface area (Å²) < 4.78 is 14.3. The van der Waals surface area contributed by atoms with E-state index in [4.69, 9.17) is 4.98 Å². The van der Waals surface area contributed by atoms with Gasteiger partial charge < -0.3 is 4.90 Å². The van der Waals surface area contributed by atoms with Gasteiger partial charge in [-0.1, -0.05) is 53.8 Å². The van der Waals surface area contributed by atoms with Crippen LogP contribution in [0.2, 0.25) is 0 Å². The van der Waals surface area contributed by atoms with Crippen molar-refractivity contribution in [2.45, 2.75) is 13.0 Å². The van der Waals surface area contributed by atoms with E-state index in [9.17, 15) is 14.0 Å². The summed E-state index contributed by atoms with van der Waals surface area (Å²) in [4.78, 5) is 34.3. The Balaban J connectivity index is 1.45. The molecule has 3 aromatic carbocycles. The lowest BCUT2D eigenvalue weighted by atomic mass is 10.1. The van der Waals surface area contributed by atoms with Gasteiger partial charge in [0.15, 0.2) is 5.13 Å². The number of rotatable bonds is 5. The fourth-order valence-electron chi connectivity index (χ4n) is 3.95. The molecule has 1 aliphatic heterocycles. The Bertz CT molecular complexity index is 1240. The minimum Gasteiger partial charge on any atom is -0.312 e. The van der Waals surface area contributed by atoms with Crippen molar-refractivity contribution >= 4 is 44.2 Å². The highest BCUT2D eigenvalue weighted by molar-refractivity contribution is 7.22. The van der Waals surface area contributed by atoms with E-state index in [1.54, 1.807) is 21.9 Å². The van der Waals surface area contributed by atoms with E-state index in [1.807, 2.05) is 54.6 Å². The number of halogens is 1. The van der Waals surface area contributed by atoms with E-state index in [0.717, 1.165) is 15.8 Å². The highest BCUT2D eigenvalue weighted by Gasteiger charge is 2.38. The highest BCUT2D eigenvalue weighted by atomic mass is 32.1. The van der Waals surface area contributed by atoms with Gasteiger partial charge in [-0.05, 0) is 42.0 Å². The normalized spacial score (nSPS) is 16.0. The monoisotopic (exact) mass is 445 g/mol. The van der Waals surface area contributed by atoms with Crippen molar-refractivity contribution in [3.63, 3.8) is 0 Å². The van der Waals surface area contributed by atoms with Gasteiger partial charge >= 0.3 is 0 Å². The van der Waals surface area contributed by atoms with Crippen molar-refractivity contribution in [3.05, 3.63) is 90.2 Å². The molecule has 4 aromatic rings. The SMILES string of the molecule is O=C1CC(C(=O)N(Cc2ccccc2)c2nc3ccccc3s2)CN1c1ccc(F)cc1. The molecule has 1 saturated heterocycles. The average Bonchev–Trinajstić information content (AvgIpc) is 3.42. The number of aromatic nitrogens is 1. The molecule has 0 aliphatic carbocycles. The molecule has 1 aromatic heterocycles. The van der Waals surface area contributed by atoms with Gasteiger partial charge in [-0.2, -0.15) is 0 Å². The maximum atomic E-state index is 13.7. The number of hydrogen-bond acceptors (Lipinski definition) is 4. The van der Waals surface area contributed by atoms with Crippen molar-refractivity contribution in [2.75, 3.05) is 16.3 Å². The van der Waals surface area contributed by atoms with E-state index >= 15 is 0 Å². The van der Waals surface area contributed by atoms with Crippen molar-refractivity contribution < 1.29 is 14.0 Å². The van der Waals surface area contributed by atoms with Gasteiger partial charge in [0.25, 0.3) is 0 Å². The summed E-state index contributed by atoms with van der Waals surface area (Å²) >= 11 is 1.47. The Hall–Kier alpha value is -3.58. The number of nitrogens with zero attached hydrogens (tertiary/aromatic N) is 3. The number of carbonyl (C=O) groups excluding carboxylic acids is 2. The number of carbonyl (C=O) groups is 2. The second kappa shape index (κ2) is 8.51. The molecule has 5 nitrogen and oxygen atoms in total. The molecule has 0 bridgehead atoms. The quantitative estimate of drug-likeness (QED) is 0.433. The Morgan fingerprint density at radius 2 is 1.75 bits per heavy atom. The van der Waals surface area contributed by atoms with E-state index in [-0.39, 0.29) is 30.6 Å². The summed E-state index contributed by atoms with van der Waals surface area (Å²) in [6.45, 7) is 0.639. The minimum absolute atomic E-state index is 0.117. The lowest BCUT2D eigenvalue weighted by molar-refractivity contribution is -0.124. The third-order valence-corrected chi connectivity index (χ3v) is 6.63. The Morgan fingerprint density at radius 3 is 2.50 bits per heavy atom. The van der Waals surface area contributed by atoms with Crippen molar-refractivity contribution in [3.8, 4) is 0 Å². The maximum absolute atomic E-state index is 13.7. The maximum Gasteiger partial charge on any atom is 0.234 e. The molecule has 1 fully saturated rings. The zero-order chi connectivity index (χ0) is 22.1. The van der Waals surface area contributed by atoms with Crippen LogP contribution in [0.3, 0.4) is 0 Å². The molecule has 2 amide bonds. The van der Waals surface area contributed by atoms with E-state index in [2.05, 4.69) is 0 Å². The van der Waals surface area contributed by atoms with Crippen LogP contribution in [-0.4, -0.2) is 23.3 Å². The molecule has 32 heavy (non-hydrogen) atoms. The van der Waals surface area contributed by atoms with Gasteiger partial charge in [0.05, 0.1) is 22.7 Å². The average molecular weight is 446 g/mol. The molecule has 0 radical (unpaired) electrons. The smallest absolute Gasteiger partial charge is 0.234 e. The molecule has 1 unspecified atom stereocenters. The molecule has 7 heteroatoms. The van der Waals surface area contributed by atoms with Crippen molar-refractivity contribution in [2.24, 2.45) is 5.92 Å². The molecule has 0 spiro atoms. The van der Waals surface area contributed by atoms with Crippen LogP contribution < -0.4 is 9.80 Å². The van der Waals surface area contributed by atoms with E-state index in [0.29, 0.717) is 17.4 Å². The summed E-state index contributed by atoms with van der Waals surface area (Å²) in [5.74, 6) is -1.13. The first-order chi connectivity index (χ1) is 15.6. The number of thiazole rings is 1. The van der Waals surface area contributed by atoms with Crippen LogP contribution in [0.25, 0.3) is 10.2 Å². The van der Waals surface area contributed by atoms with Gasteiger partial charge in [0, 0.05) is 18.7 Å². The Kier molecular flexibility index (Phi) is 5.41.